The van der Waals surface area contributed by atoms with Crippen molar-refractivity contribution in [3.8, 4) is 0 Å². The molecule has 0 spiro atoms. The van der Waals surface area contributed by atoms with E-state index >= 15 is 0 Å². The zero-order chi connectivity index (χ0) is 10.6. The van der Waals surface area contributed by atoms with Crippen LogP contribution in [-0.2, 0) is 6.54 Å². The topological polar surface area (TPSA) is 45.4 Å². The van der Waals surface area contributed by atoms with Crippen LogP contribution >= 0.6 is 0 Å². The van der Waals surface area contributed by atoms with Gasteiger partial charge in [0.05, 0.1) is 6.54 Å². The van der Waals surface area contributed by atoms with E-state index in [0.717, 1.165) is 18.1 Å². The molecule has 0 amide bonds. The monoisotopic (exact) mass is 197 g/mol. The van der Waals surface area contributed by atoms with Crippen molar-refractivity contribution in [3.05, 3.63) is 23.7 Å². The first kappa shape index (κ1) is 11.3. The largest absolute Gasteiger partial charge is 0.465 e. The van der Waals surface area contributed by atoms with Gasteiger partial charge >= 0.3 is 0 Å². The molecule has 0 saturated carbocycles. The smallest absolute Gasteiger partial charge is 0.117 e. The Morgan fingerprint density at radius 1 is 1.43 bits per heavy atom. The van der Waals surface area contributed by atoms with E-state index in [2.05, 4.69) is 12.2 Å². The Morgan fingerprint density at radius 2 is 2.14 bits per heavy atom. The summed E-state index contributed by atoms with van der Waals surface area (Å²) in [6.07, 6.45) is 0. The number of aliphatic hydroxyl groups excluding tert-OH is 1. The predicted molar refractivity (Wildman–Crippen MR) is 56.0 cm³/mol. The third-order valence-corrected chi connectivity index (χ3v) is 2.54. The molecule has 2 unspecified atom stereocenters. The van der Waals surface area contributed by atoms with Gasteiger partial charge in [-0.05, 0) is 31.9 Å². The van der Waals surface area contributed by atoms with Gasteiger partial charge < -0.3 is 14.8 Å². The van der Waals surface area contributed by atoms with Crippen molar-refractivity contribution in [3.63, 3.8) is 0 Å². The molecule has 1 rings (SSSR count). The molecule has 0 aliphatic rings. The average Bonchev–Trinajstić information content (AvgIpc) is 2.59. The minimum atomic E-state index is 0.214. The SMILES string of the molecule is Cc1ccc(CNC(C)C(C)CO)o1. The number of nitrogens with one attached hydrogen (secondary N) is 1. The third-order valence-electron chi connectivity index (χ3n) is 2.54. The molecule has 3 heteroatoms. The van der Waals surface area contributed by atoms with Gasteiger partial charge in [-0.3, -0.25) is 0 Å². The van der Waals surface area contributed by atoms with Crippen molar-refractivity contribution < 1.29 is 9.52 Å². The molecule has 1 aromatic heterocycles. The minimum Gasteiger partial charge on any atom is -0.465 e. The van der Waals surface area contributed by atoms with Crippen LogP contribution in [0.15, 0.2) is 16.5 Å². The van der Waals surface area contributed by atoms with E-state index in [9.17, 15) is 0 Å². The van der Waals surface area contributed by atoms with Crippen LogP contribution in [0, 0.1) is 12.8 Å². The molecular formula is C11H19NO2. The Kier molecular flexibility index (Phi) is 4.17. The van der Waals surface area contributed by atoms with E-state index in [1.807, 2.05) is 26.0 Å². The lowest BCUT2D eigenvalue weighted by atomic mass is 10.1. The molecule has 0 aliphatic heterocycles. The number of hydrogen-bond donors (Lipinski definition) is 2. The second kappa shape index (κ2) is 5.17. The molecule has 2 atom stereocenters. The normalized spacial score (nSPS) is 15.4. The fourth-order valence-corrected chi connectivity index (χ4v) is 1.20. The fraction of sp³-hybridized carbons (Fsp3) is 0.636. The molecule has 3 nitrogen and oxygen atoms in total. The Morgan fingerprint density at radius 3 is 2.64 bits per heavy atom. The highest BCUT2D eigenvalue weighted by Gasteiger charge is 2.10. The Labute approximate surface area is 85.1 Å². The van der Waals surface area contributed by atoms with E-state index in [1.165, 1.54) is 0 Å². The number of hydrogen-bond acceptors (Lipinski definition) is 3. The quantitative estimate of drug-likeness (QED) is 0.755. The molecule has 1 aromatic rings. The molecule has 0 aliphatic carbocycles. The summed E-state index contributed by atoms with van der Waals surface area (Å²) in [5, 5.41) is 12.3. The maximum Gasteiger partial charge on any atom is 0.117 e. The molecule has 14 heavy (non-hydrogen) atoms. The van der Waals surface area contributed by atoms with Crippen LogP contribution in [0.2, 0.25) is 0 Å². The Bertz CT molecular complexity index is 270. The van der Waals surface area contributed by atoms with Gasteiger partial charge in [0.25, 0.3) is 0 Å². The summed E-state index contributed by atoms with van der Waals surface area (Å²) in [5.74, 6) is 2.15. The maximum atomic E-state index is 8.94. The molecule has 0 aromatic carbocycles. The van der Waals surface area contributed by atoms with Crippen LogP contribution in [0.25, 0.3) is 0 Å². The lowest BCUT2D eigenvalue weighted by Crippen LogP contribution is -2.33. The van der Waals surface area contributed by atoms with Crippen molar-refractivity contribution in [1.82, 2.24) is 5.32 Å². The highest BCUT2D eigenvalue weighted by atomic mass is 16.3. The molecule has 0 bridgehead atoms. The molecule has 0 radical (unpaired) electrons. The highest BCUT2D eigenvalue weighted by Crippen LogP contribution is 2.07. The summed E-state index contributed by atoms with van der Waals surface area (Å²) in [5.41, 5.74) is 0. The van der Waals surface area contributed by atoms with E-state index in [4.69, 9.17) is 9.52 Å². The van der Waals surface area contributed by atoms with Crippen molar-refractivity contribution in [2.45, 2.75) is 33.4 Å². The van der Waals surface area contributed by atoms with Crippen molar-refractivity contribution in [2.75, 3.05) is 6.61 Å². The lowest BCUT2D eigenvalue weighted by molar-refractivity contribution is 0.205. The van der Waals surface area contributed by atoms with Gasteiger partial charge in [0.15, 0.2) is 0 Å². The number of aliphatic hydroxyl groups is 1. The summed E-state index contributed by atoms with van der Waals surface area (Å²) in [6, 6.07) is 4.22. The first-order chi connectivity index (χ1) is 6.63. The van der Waals surface area contributed by atoms with Crippen molar-refractivity contribution >= 4 is 0 Å². The minimum absolute atomic E-state index is 0.214. The first-order valence-corrected chi connectivity index (χ1v) is 5.03. The zero-order valence-electron chi connectivity index (χ0n) is 9.08. The molecule has 2 N–H and O–H groups in total. The van der Waals surface area contributed by atoms with Gasteiger partial charge in [0.1, 0.15) is 11.5 Å². The molecule has 80 valence electrons. The van der Waals surface area contributed by atoms with Crippen molar-refractivity contribution in [2.24, 2.45) is 5.92 Å². The number of aryl methyl sites for hydroxylation is 1. The molecule has 1 heterocycles. The van der Waals surface area contributed by atoms with Crippen LogP contribution in [0.4, 0.5) is 0 Å². The van der Waals surface area contributed by atoms with Gasteiger partial charge in [0, 0.05) is 12.6 Å². The molecule has 0 fully saturated rings. The summed E-state index contributed by atoms with van der Waals surface area (Å²) < 4.78 is 5.42. The Balaban J connectivity index is 2.33. The van der Waals surface area contributed by atoms with Crippen LogP contribution in [-0.4, -0.2) is 17.8 Å². The summed E-state index contributed by atoms with van der Waals surface area (Å²) in [7, 11) is 0. The second-order valence-corrected chi connectivity index (χ2v) is 3.84. The fourth-order valence-electron chi connectivity index (χ4n) is 1.20. The summed E-state index contributed by atoms with van der Waals surface area (Å²) >= 11 is 0. The first-order valence-electron chi connectivity index (χ1n) is 5.03. The Hall–Kier alpha value is -0.800. The summed E-state index contributed by atoms with van der Waals surface area (Å²) in [6.45, 7) is 6.95. The predicted octanol–water partition coefficient (Wildman–Crippen LogP) is 1.69. The van der Waals surface area contributed by atoms with Crippen molar-refractivity contribution in [1.29, 1.82) is 0 Å². The zero-order valence-corrected chi connectivity index (χ0v) is 9.08. The standard InChI is InChI=1S/C11H19NO2/c1-8(7-13)10(3)12-6-11-5-4-9(2)14-11/h4-5,8,10,12-13H,6-7H2,1-3H3. The number of rotatable bonds is 5. The van der Waals surface area contributed by atoms with E-state index in [0.29, 0.717) is 6.04 Å². The summed E-state index contributed by atoms with van der Waals surface area (Å²) in [4.78, 5) is 0. The van der Waals surface area contributed by atoms with Gasteiger partial charge in [-0.1, -0.05) is 6.92 Å². The maximum absolute atomic E-state index is 8.94. The van der Waals surface area contributed by atoms with E-state index < -0.39 is 0 Å². The average molecular weight is 197 g/mol. The van der Waals surface area contributed by atoms with Gasteiger partial charge in [-0.2, -0.15) is 0 Å². The molecule has 0 saturated heterocycles. The highest BCUT2D eigenvalue weighted by molar-refractivity contribution is 5.05. The lowest BCUT2D eigenvalue weighted by Gasteiger charge is -2.18. The van der Waals surface area contributed by atoms with Gasteiger partial charge in [-0.25, -0.2) is 0 Å². The number of furan rings is 1. The van der Waals surface area contributed by atoms with E-state index in [1.54, 1.807) is 0 Å². The third kappa shape index (κ3) is 3.16. The van der Waals surface area contributed by atoms with Crippen LogP contribution < -0.4 is 5.32 Å². The van der Waals surface area contributed by atoms with Crippen LogP contribution in [0.1, 0.15) is 25.4 Å². The second-order valence-electron chi connectivity index (χ2n) is 3.84. The van der Waals surface area contributed by atoms with Crippen LogP contribution in [0.5, 0.6) is 0 Å². The van der Waals surface area contributed by atoms with Gasteiger partial charge in [-0.15, -0.1) is 0 Å². The molecular weight excluding hydrogens is 178 g/mol. The van der Waals surface area contributed by atoms with Gasteiger partial charge in [0.2, 0.25) is 0 Å². The van der Waals surface area contributed by atoms with E-state index in [-0.39, 0.29) is 12.5 Å². The van der Waals surface area contributed by atoms with Crippen LogP contribution in [0.3, 0.4) is 0 Å².